The van der Waals surface area contributed by atoms with Gasteiger partial charge >= 0.3 is 0 Å². The molecule has 3 aromatic heterocycles. The highest BCUT2D eigenvalue weighted by Crippen LogP contribution is 2.19. The molecule has 0 saturated heterocycles. The molecule has 7 heteroatoms. The van der Waals surface area contributed by atoms with Gasteiger partial charge in [-0.2, -0.15) is 5.10 Å². The number of nitrogen functional groups attached to an aromatic ring is 1. The number of fused-ring (bicyclic) bond motifs is 1. The average molecular weight is 256 g/mol. The fourth-order valence-electron chi connectivity index (χ4n) is 1.96. The predicted octanol–water partition coefficient (Wildman–Crippen LogP) is 0.338. The molecule has 0 fully saturated rings. The van der Waals surface area contributed by atoms with Crippen LogP contribution in [0, 0.1) is 0 Å². The van der Waals surface area contributed by atoms with Gasteiger partial charge in [-0.1, -0.05) is 0 Å². The predicted molar refractivity (Wildman–Crippen MR) is 69.0 cm³/mol. The fraction of sp³-hybridized carbons (Fsp3) is 0.0833. The van der Waals surface area contributed by atoms with Gasteiger partial charge in [-0.05, 0) is 12.1 Å². The van der Waals surface area contributed by atoms with E-state index in [1.165, 1.54) is 6.20 Å². The van der Waals surface area contributed by atoms with Crippen LogP contribution < -0.4 is 11.3 Å². The molecule has 3 aromatic rings. The summed E-state index contributed by atoms with van der Waals surface area (Å²) in [6.45, 7) is 0. The van der Waals surface area contributed by atoms with E-state index in [1.807, 2.05) is 31.6 Å². The molecule has 3 rings (SSSR count). The minimum atomic E-state index is -0.379. The van der Waals surface area contributed by atoms with Crippen molar-refractivity contribution in [2.75, 3.05) is 0 Å². The summed E-state index contributed by atoms with van der Waals surface area (Å²) in [5, 5.41) is 4.13. The van der Waals surface area contributed by atoms with E-state index in [-0.39, 0.29) is 5.91 Å². The summed E-state index contributed by atoms with van der Waals surface area (Å²) in [4.78, 5) is 15.8. The molecule has 19 heavy (non-hydrogen) atoms. The lowest BCUT2D eigenvalue weighted by atomic mass is 10.2. The van der Waals surface area contributed by atoms with Crippen LogP contribution in [0.25, 0.3) is 16.8 Å². The van der Waals surface area contributed by atoms with Gasteiger partial charge in [0.15, 0.2) is 0 Å². The zero-order valence-corrected chi connectivity index (χ0v) is 10.2. The average Bonchev–Trinajstić information content (AvgIpc) is 3.03. The van der Waals surface area contributed by atoms with E-state index in [4.69, 9.17) is 5.84 Å². The molecule has 0 bridgehead atoms. The normalized spacial score (nSPS) is 10.8. The van der Waals surface area contributed by atoms with Gasteiger partial charge in [-0.25, -0.2) is 10.8 Å². The number of hydrogen-bond acceptors (Lipinski definition) is 4. The molecular weight excluding hydrogens is 244 g/mol. The van der Waals surface area contributed by atoms with Crippen molar-refractivity contribution >= 4 is 11.6 Å². The minimum absolute atomic E-state index is 0.379. The number of nitrogens with one attached hydrogen (secondary N) is 1. The van der Waals surface area contributed by atoms with Crippen LogP contribution in [0.5, 0.6) is 0 Å². The summed E-state index contributed by atoms with van der Waals surface area (Å²) in [6.07, 6.45) is 7.00. The molecule has 0 spiro atoms. The smallest absolute Gasteiger partial charge is 0.283 e. The Kier molecular flexibility index (Phi) is 2.53. The van der Waals surface area contributed by atoms with Crippen LogP contribution >= 0.6 is 0 Å². The SMILES string of the molecule is Cn1cc(-c2ccc3ncc(C(=O)NN)n3c2)cn1. The summed E-state index contributed by atoms with van der Waals surface area (Å²) in [5.74, 6) is 4.77. The van der Waals surface area contributed by atoms with E-state index >= 15 is 0 Å². The van der Waals surface area contributed by atoms with Crippen LogP contribution in [0.1, 0.15) is 10.5 Å². The van der Waals surface area contributed by atoms with E-state index < -0.39 is 0 Å². The molecule has 96 valence electrons. The van der Waals surface area contributed by atoms with Crippen molar-refractivity contribution in [3.63, 3.8) is 0 Å². The zero-order chi connectivity index (χ0) is 13.4. The third-order valence-corrected chi connectivity index (χ3v) is 2.91. The van der Waals surface area contributed by atoms with Crippen molar-refractivity contribution < 1.29 is 4.79 Å². The van der Waals surface area contributed by atoms with Crippen molar-refractivity contribution in [3.8, 4) is 11.1 Å². The van der Waals surface area contributed by atoms with Crippen LogP contribution in [-0.4, -0.2) is 25.1 Å². The van der Waals surface area contributed by atoms with Gasteiger partial charge in [0.2, 0.25) is 0 Å². The highest BCUT2D eigenvalue weighted by atomic mass is 16.2. The lowest BCUT2D eigenvalue weighted by Gasteiger charge is -2.02. The standard InChI is InChI=1S/C12H12N6O/c1-17-6-9(4-15-17)8-2-3-11-14-5-10(12(19)16-13)18(11)7-8/h2-7H,13H2,1H3,(H,16,19). The van der Waals surface area contributed by atoms with Crippen molar-refractivity contribution in [3.05, 3.63) is 42.6 Å². The van der Waals surface area contributed by atoms with Crippen molar-refractivity contribution in [1.29, 1.82) is 0 Å². The first-order valence-corrected chi connectivity index (χ1v) is 5.66. The first-order valence-electron chi connectivity index (χ1n) is 5.66. The summed E-state index contributed by atoms with van der Waals surface area (Å²) >= 11 is 0. The maximum atomic E-state index is 11.6. The van der Waals surface area contributed by atoms with Crippen LogP contribution in [0.3, 0.4) is 0 Å². The molecular formula is C12H12N6O. The number of hydrogen-bond donors (Lipinski definition) is 2. The Morgan fingerprint density at radius 3 is 2.79 bits per heavy atom. The van der Waals surface area contributed by atoms with Gasteiger partial charge in [0.25, 0.3) is 5.91 Å². The number of amides is 1. The second-order valence-corrected chi connectivity index (χ2v) is 4.17. The molecule has 0 aliphatic rings. The van der Waals surface area contributed by atoms with Gasteiger partial charge in [0.1, 0.15) is 11.3 Å². The topological polar surface area (TPSA) is 90.2 Å². The second kappa shape index (κ2) is 4.21. The van der Waals surface area contributed by atoms with E-state index in [0.29, 0.717) is 11.3 Å². The quantitative estimate of drug-likeness (QED) is 0.393. The molecule has 0 atom stereocenters. The van der Waals surface area contributed by atoms with Crippen LogP contribution in [0.4, 0.5) is 0 Å². The summed E-state index contributed by atoms with van der Waals surface area (Å²) < 4.78 is 3.42. The molecule has 0 unspecified atom stereocenters. The maximum absolute atomic E-state index is 11.6. The molecule has 0 saturated carbocycles. The number of carbonyl (C=O) groups excluding carboxylic acids is 1. The molecule has 3 heterocycles. The number of rotatable bonds is 2. The highest BCUT2D eigenvalue weighted by molar-refractivity contribution is 5.92. The van der Waals surface area contributed by atoms with Crippen molar-refractivity contribution in [1.82, 2.24) is 24.6 Å². The number of hydrazine groups is 1. The molecule has 1 amide bonds. The van der Waals surface area contributed by atoms with E-state index in [1.54, 1.807) is 15.3 Å². The third-order valence-electron chi connectivity index (χ3n) is 2.91. The van der Waals surface area contributed by atoms with Gasteiger partial charge < -0.3 is 0 Å². The first kappa shape index (κ1) is 11.4. The molecule has 3 N–H and O–H groups in total. The lowest BCUT2D eigenvalue weighted by Crippen LogP contribution is -2.30. The number of carbonyl (C=O) groups is 1. The number of pyridine rings is 1. The largest absolute Gasteiger partial charge is 0.295 e. The van der Waals surface area contributed by atoms with Gasteiger partial charge in [-0.15, -0.1) is 0 Å². The van der Waals surface area contributed by atoms with Crippen LogP contribution in [-0.2, 0) is 7.05 Å². The first-order chi connectivity index (χ1) is 9.19. The number of aryl methyl sites for hydroxylation is 1. The third kappa shape index (κ3) is 1.85. The number of nitrogens with zero attached hydrogens (tertiary/aromatic N) is 4. The molecule has 0 aromatic carbocycles. The van der Waals surface area contributed by atoms with E-state index in [2.05, 4.69) is 15.5 Å². The maximum Gasteiger partial charge on any atom is 0.283 e. The molecule has 7 nitrogen and oxygen atoms in total. The Bertz CT molecular complexity index is 757. The van der Waals surface area contributed by atoms with Gasteiger partial charge in [-0.3, -0.25) is 19.3 Å². The second-order valence-electron chi connectivity index (χ2n) is 4.17. The van der Waals surface area contributed by atoms with E-state index in [0.717, 1.165) is 11.1 Å². The van der Waals surface area contributed by atoms with E-state index in [9.17, 15) is 4.79 Å². The number of nitrogens with two attached hydrogens (primary N) is 1. The highest BCUT2D eigenvalue weighted by Gasteiger charge is 2.11. The van der Waals surface area contributed by atoms with Gasteiger partial charge in [0, 0.05) is 30.6 Å². The Morgan fingerprint density at radius 1 is 1.26 bits per heavy atom. The molecule has 0 radical (unpaired) electrons. The minimum Gasteiger partial charge on any atom is -0.295 e. The Morgan fingerprint density at radius 2 is 2.11 bits per heavy atom. The van der Waals surface area contributed by atoms with Crippen LogP contribution in [0.2, 0.25) is 0 Å². The van der Waals surface area contributed by atoms with Crippen molar-refractivity contribution in [2.24, 2.45) is 12.9 Å². The number of imidazole rings is 1. The Hall–Kier alpha value is -2.67. The summed E-state index contributed by atoms with van der Waals surface area (Å²) in [5.41, 5.74) is 5.10. The van der Waals surface area contributed by atoms with Crippen LogP contribution in [0.15, 0.2) is 36.9 Å². The Balaban J connectivity index is 2.16. The zero-order valence-electron chi connectivity index (χ0n) is 10.2. The summed E-state index contributed by atoms with van der Waals surface area (Å²) in [6, 6.07) is 3.78. The molecule has 0 aliphatic carbocycles. The summed E-state index contributed by atoms with van der Waals surface area (Å²) in [7, 11) is 1.85. The number of aromatic nitrogens is 4. The fourth-order valence-corrected chi connectivity index (χ4v) is 1.96. The van der Waals surface area contributed by atoms with Gasteiger partial charge in [0.05, 0.1) is 12.4 Å². The Labute approximate surface area is 108 Å². The van der Waals surface area contributed by atoms with Crippen molar-refractivity contribution in [2.45, 2.75) is 0 Å². The molecule has 0 aliphatic heterocycles. The monoisotopic (exact) mass is 256 g/mol. The lowest BCUT2D eigenvalue weighted by molar-refractivity contribution is 0.0948.